The molecule has 0 aliphatic rings. The lowest BCUT2D eigenvalue weighted by Crippen LogP contribution is -2.24. The summed E-state index contributed by atoms with van der Waals surface area (Å²) in [5.41, 5.74) is -0.328. The largest absolute Gasteiger partial charge is 0.476 e. The molecule has 1 aromatic carbocycles. The number of benzene rings is 1. The molecule has 0 aliphatic carbocycles. The van der Waals surface area contributed by atoms with E-state index >= 15 is 0 Å². The first-order valence-electron chi connectivity index (χ1n) is 6.33. The van der Waals surface area contributed by atoms with Gasteiger partial charge in [0.25, 0.3) is 5.69 Å². The van der Waals surface area contributed by atoms with Crippen molar-refractivity contribution in [3.63, 3.8) is 0 Å². The lowest BCUT2D eigenvalue weighted by molar-refractivity contribution is -0.384. The first-order valence-corrected chi connectivity index (χ1v) is 6.70. The summed E-state index contributed by atoms with van der Waals surface area (Å²) in [5, 5.41) is 25.9. The summed E-state index contributed by atoms with van der Waals surface area (Å²) in [5.74, 6) is -1.76. The van der Waals surface area contributed by atoms with E-state index in [1.165, 1.54) is 36.0 Å². The fourth-order valence-corrected chi connectivity index (χ4v) is 1.91. The molecule has 1 atom stereocenters. The molecule has 0 aliphatic heterocycles. The molecule has 2 N–H and O–H groups in total. The molecule has 0 saturated carbocycles. The number of nitro groups is 1. The number of non-ortho nitro benzene ring substituents is 1. The van der Waals surface area contributed by atoms with Gasteiger partial charge in [-0.15, -0.1) is 0 Å². The van der Waals surface area contributed by atoms with Crippen LogP contribution in [0.3, 0.4) is 0 Å². The summed E-state index contributed by atoms with van der Waals surface area (Å²) in [6, 6.07) is 4.08. The highest BCUT2D eigenvalue weighted by atomic mass is 35.5. The Hall–Kier alpha value is -2.94. The maximum absolute atomic E-state index is 12.2. The quantitative estimate of drug-likeness (QED) is 0.636. The summed E-state index contributed by atoms with van der Waals surface area (Å²) in [6.07, 6.45) is 1.35. The van der Waals surface area contributed by atoms with Crippen molar-refractivity contribution in [3.05, 3.63) is 51.3 Å². The summed E-state index contributed by atoms with van der Waals surface area (Å²) in [7, 11) is 0. The Morgan fingerprint density at radius 2 is 2.13 bits per heavy atom. The van der Waals surface area contributed by atoms with Gasteiger partial charge in [-0.05, 0) is 19.1 Å². The fraction of sp³-hybridized carbons (Fsp3) is 0.154. The molecule has 10 heteroatoms. The van der Waals surface area contributed by atoms with Crippen LogP contribution in [0.25, 0.3) is 0 Å². The van der Waals surface area contributed by atoms with E-state index in [0.717, 1.165) is 6.07 Å². The summed E-state index contributed by atoms with van der Waals surface area (Å²) < 4.78 is 1.17. The number of anilines is 1. The molecule has 0 fully saturated rings. The van der Waals surface area contributed by atoms with Crippen molar-refractivity contribution in [3.8, 4) is 0 Å². The van der Waals surface area contributed by atoms with Crippen LogP contribution in [0, 0.1) is 10.1 Å². The van der Waals surface area contributed by atoms with Gasteiger partial charge in [-0.3, -0.25) is 19.6 Å². The van der Waals surface area contributed by atoms with E-state index in [9.17, 15) is 19.7 Å². The average Bonchev–Trinajstić information content (AvgIpc) is 2.98. The van der Waals surface area contributed by atoms with Gasteiger partial charge in [-0.25, -0.2) is 4.79 Å². The Morgan fingerprint density at radius 3 is 2.70 bits per heavy atom. The van der Waals surface area contributed by atoms with Gasteiger partial charge in [-0.1, -0.05) is 11.6 Å². The van der Waals surface area contributed by atoms with Crippen LogP contribution in [-0.4, -0.2) is 31.7 Å². The zero-order valence-corrected chi connectivity index (χ0v) is 12.5. The van der Waals surface area contributed by atoms with E-state index < -0.39 is 22.8 Å². The number of carbonyl (C=O) groups is 2. The second-order valence-electron chi connectivity index (χ2n) is 4.57. The van der Waals surface area contributed by atoms with Gasteiger partial charge in [0.15, 0.2) is 5.69 Å². The average molecular weight is 339 g/mol. The molecule has 0 spiro atoms. The van der Waals surface area contributed by atoms with Gasteiger partial charge in [-0.2, -0.15) is 5.10 Å². The summed E-state index contributed by atoms with van der Waals surface area (Å²) in [4.78, 5) is 33.1. The number of aromatic carboxylic acids is 1. The lowest BCUT2D eigenvalue weighted by Gasteiger charge is -2.13. The maximum Gasteiger partial charge on any atom is 0.356 e. The second-order valence-corrected chi connectivity index (χ2v) is 4.98. The Bertz CT molecular complexity index is 788. The highest BCUT2D eigenvalue weighted by molar-refractivity contribution is 6.33. The Morgan fingerprint density at radius 1 is 1.43 bits per heavy atom. The Labute approximate surface area is 134 Å². The molecule has 0 saturated heterocycles. The number of carboxylic acids is 1. The van der Waals surface area contributed by atoms with Gasteiger partial charge in [0.1, 0.15) is 6.04 Å². The fourth-order valence-electron chi connectivity index (χ4n) is 1.75. The van der Waals surface area contributed by atoms with Gasteiger partial charge >= 0.3 is 5.97 Å². The topological polar surface area (TPSA) is 127 Å². The van der Waals surface area contributed by atoms with Gasteiger partial charge in [0.05, 0.1) is 15.6 Å². The van der Waals surface area contributed by atoms with Crippen LogP contribution in [0.2, 0.25) is 5.02 Å². The first kappa shape index (κ1) is 16.4. The van der Waals surface area contributed by atoms with E-state index in [2.05, 4.69) is 10.4 Å². The van der Waals surface area contributed by atoms with Crippen molar-refractivity contribution in [2.75, 3.05) is 5.32 Å². The van der Waals surface area contributed by atoms with Crippen LogP contribution >= 0.6 is 11.6 Å². The van der Waals surface area contributed by atoms with Gasteiger partial charge in [0, 0.05) is 18.3 Å². The molecule has 2 rings (SSSR count). The predicted octanol–water partition coefficient (Wildman–Crippen LogP) is 2.34. The molecular weight excluding hydrogens is 328 g/mol. The van der Waals surface area contributed by atoms with E-state index in [4.69, 9.17) is 16.7 Å². The van der Waals surface area contributed by atoms with E-state index in [-0.39, 0.29) is 22.1 Å². The number of nitrogens with one attached hydrogen (secondary N) is 1. The minimum atomic E-state index is -1.21. The third-order valence-corrected chi connectivity index (χ3v) is 3.35. The molecule has 0 radical (unpaired) electrons. The number of carboxylic acid groups (broad SMARTS) is 1. The van der Waals surface area contributed by atoms with E-state index in [1.807, 2.05) is 0 Å². The van der Waals surface area contributed by atoms with Crippen molar-refractivity contribution in [2.24, 2.45) is 0 Å². The molecule has 1 amide bonds. The van der Waals surface area contributed by atoms with E-state index in [0.29, 0.717) is 0 Å². The monoisotopic (exact) mass is 338 g/mol. The van der Waals surface area contributed by atoms with Gasteiger partial charge < -0.3 is 10.4 Å². The van der Waals surface area contributed by atoms with Crippen molar-refractivity contribution < 1.29 is 19.6 Å². The number of halogens is 1. The number of rotatable bonds is 5. The first-order chi connectivity index (χ1) is 10.8. The number of nitro benzene ring substituents is 1. The van der Waals surface area contributed by atoms with Crippen molar-refractivity contribution in [1.82, 2.24) is 9.78 Å². The third kappa shape index (κ3) is 3.64. The molecule has 2 aromatic rings. The van der Waals surface area contributed by atoms with Crippen molar-refractivity contribution >= 4 is 34.9 Å². The summed E-state index contributed by atoms with van der Waals surface area (Å²) in [6.45, 7) is 1.50. The highest BCUT2D eigenvalue weighted by Crippen LogP contribution is 2.27. The van der Waals surface area contributed by atoms with Gasteiger partial charge in [0.2, 0.25) is 5.91 Å². The molecule has 0 bridgehead atoms. The van der Waals surface area contributed by atoms with Crippen LogP contribution in [0.5, 0.6) is 0 Å². The van der Waals surface area contributed by atoms with Crippen LogP contribution in [-0.2, 0) is 4.79 Å². The second kappa shape index (κ2) is 6.44. The zero-order valence-electron chi connectivity index (χ0n) is 11.8. The lowest BCUT2D eigenvalue weighted by atomic mass is 10.2. The number of hydrogen-bond donors (Lipinski definition) is 2. The molecule has 120 valence electrons. The van der Waals surface area contributed by atoms with Crippen LogP contribution in [0.15, 0.2) is 30.5 Å². The Kier molecular flexibility index (Phi) is 4.60. The number of nitrogens with zero attached hydrogens (tertiary/aromatic N) is 3. The molecule has 23 heavy (non-hydrogen) atoms. The number of aromatic nitrogens is 2. The molecule has 9 nitrogen and oxygen atoms in total. The van der Waals surface area contributed by atoms with Crippen molar-refractivity contribution in [2.45, 2.75) is 13.0 Å². The molecule has 1 heterocycles. The third-order valence-electron chi connectivity index (χ3n) is 3.02. The zero-order chi connectivity index (χ0) is 17.1. The summed E-state index contributed by atoms with van der Waals surface area (Å²) >= 11 is 5.90. The van der Waals surface area contributed by atoms with Crippen LogP contribution in [0.1, 0.15) is 23.5 Å². The number of amides is 1. The maximum atomic E-state index is 12.2. The minimum absolute atomic E-state index is 0.0864. The standard InChI is InChI=1S/C13H11ClN4O5/c1-7(17-5-4-10(16-17)13(20)21)12(19)15-11-6-8(18(22)23)2-3-9(11)14/h2-7H,1H3,(H,15,19)(H,20,21). The van der Waals surface area contributed by atoms with Crippen molar-refractivity contribution in [1.29, 1.82) is 0 Å². The SMILES string of the molecule is CC(C(=O)Nc1cc([N+](=O)[O-])ccc1Cl)n1ccc(C(=O)O)n1. The smallest absolute Gasteiger partial charge is 0.356 e. The van der Waals surface area contributed by atoms with E-state index in [1.54, 1.807) is 0 Å². The molecule has 1 unspecified atom stereocenters. The highest BCUT2D eigenvalue weighted by Gasteiger charge is 2.20. The van der Waals surface area contributed by atoms with Crippen LogP contribution < -0.4 is 5.32 Å². The minimum Gasteiger partial charge on any atom is -0.476 e. The number of hydrogen-bond acceptors (Lipinski definition) is 5. The van der Waals surface area contributed by atoms with Crippen LogP contribution in [0.4, 0.5) is 11.4 Å². The molecular formula is C13H11ClN4O5. The predicted molar refractivity (Wildman–Crippen MR) is 80.6 cm³/mol. The molecule has 1 aromatic heterocycles. The Balaban J connectivity index is 2.19. The number of carbonyl (C=O) groups excluding carboxylic acids is 1. The normalized spacial score (nSPS) is 11.7.